The lowest BCUT2D eigenvalue weighted by Gasteiger charge is -2.10. The first kappa shape index (κ1) is 13.7. The molecule has 104 valence electrons. The third-order valence-corrected chi connectivity index (χ3v) is 2.96. The highest BCUT2D eigenvalue weighted by Crippen LogP contribution is 2.23. The molecule has 0 saturated heterocycles. The third-order valence-electron chi connectivity index (χ3n) is 2.96. The molecule has 0 aliphatic rings. The maximum absolute atomic E-state index is 12.1. The van der Waals surface area contributed by atoms with Crippen molar-refractivity contribution in [2.75, 3.05) is 18.2 Å². The minimum atomic E-state index is -0.310. The molecular formula is C15H16N2O3. The molecule has 5 heteroatoms. The minimum Gasteiger partial charge on any atom is -0.508 e. The first-order valence-electron chi connectivity index (χ1n) is 6.05. The lowest BCUT2D eigenvalue weighted by molar-refractivity contribution is 0.102. The molecule has 0 heterocycles. The van der Waals surface area contributed by atoms with Crippen LogP contribution in [0.2, 0.25) is 0 Å². The Morgan fingerprint density at radius 1 is 1.25 bits per heavy atom. The summed E-state index contributed by atoms with van der Waals surface area (Å²) in [5.74, 6) is 0.474. The van der Waals surface area contributed by atoms with Gasteiger partial charge in [-0.2, -0.15) is 0 Å². The van der Waals surface area contributed by atoms with E-state index in [1.54, 1.807) is 37.3 Å². The molecule has 1 amide bonds. The minimum absolute atomic E-state index is 0.187. The largest absolute Gasteiger partial charge is 0.508 e. The van der Waals surface area contributed by atoms with Gasteiger partial charge in [0.15, 0.2) is 0 Å². The SMILES string of the molecule is COc1ccc(C(=O)Nc2ccc(O)c(C)c2)c(N)c1. The second kappa shape index (κ2) is 5.52. The fraction of sp³-hybridized carbons (Fsp3) is 0.133. The number of ether oxygens (including phenoxy) is 1. The van der Waals surface area contributed by atoms with Gasteiger partial charge < -0.3 is 20.9 Å². The fourth-order valence-electron chi connectivity index (χ4n) is 1.81. The molecule has 4 N–H and O–H groups in total. The van der Waals surface area contributed by atoms with Crippen LogP contribution >= 0.6 is 0 Å². The number of phenolic OH excluding ortho intramolecular Hbond substituents is 1. The Labute approximate surface area is 117 Å². The Hall–Kier alpha value is -2.69. The Balaban J connectivity index is 2.21. The molecule has 0 radical (unpaired) electrons. The molecule has 0 fully saturated rings. The summed E-state index contributed by atoms with van der Waals surface area (Å²) in [6.07, 6.45) is 0. The zero-order valence-corrected chi connectivity index (χ0v) is 11.3. The highest BCUT2D eigenvalue weighted by atomic mass is 16.5. The van der Waals surface area contributed by atoms with Crippen molar-refractivity contribution in [1.82, 2.24) is 0 Å². The first-order chi connectivity index (χ1) is 9.51. The lowest BCUT2D eigenvalue weighted by atomic mass is 10.1. The van der Waals surface area contributed by atoms with Gasteiger partial charge in [0.25, 0.3) is 5.91 Å². The monoisotopic (exact) mass is 272 g/mol. The van der Waals surface area contributed by atoms with Crippen LogP contribution in [0.5, 0.6) is 11.5 Å². The maximum atomic E-state index is 12.1. The number of nitrogens with one attached hydrogen (secondary N) is 1. The van der Waals surface area contributed by atoms with Crippen molar-refractivity contribution >= 4 is 17.3 Å². The molecule has 0 unspecified atom stereocenters. The van der Waals surface area contributed by atoms with Gasteiger partial charge in [-0.05, 0) is 42.8 Å². The van der Waals surface area contributed by atoms with Gasteiger partial charge in [0, 0.05) is 17.4 Å². The quantitative estimate of drug-likeness (QED) is 0.592. The van der Waals surface area contributed by atoms with E-state index >= 15 is 0 Å². The van der Waals surface area contributed by atoms with E-state index in [1.165, 1.54) is 13.2 Å². The van der Waals surface area contributed by atoms with Crippen LogP contribution in [0.15, 0.2) is 36.4 Å². The molecule has 5 nitrogen and oxygen atoms in total. The van der Waals surface area contributed by atoms with E-state index in [9.17, 15) is 9.90 Å². The van der Waals surface area contributed by atoms with Crippen molar-refractivity contribution in [3.8, 4) is 11.5 Å². The molecular weight excluding hydrogens is 256 g/mol. The molecule has 0 aromatic heterocycles. The van der Waals surface area contributed by atoms with Crippen LogP contribution in [0.4, 0.5) is 11.4 Å². The van der Waals surface area contributed by atoms with Crippen molar-refractivity contribution in [2.24, 2.45) is 0 Å². The summed E-state index contributed by atoms with van der Waals surface area (Å²) in [4.78, 5) is 12.1. The van der Waals surface area contributed by atoms with Crippen molar-refractivity contribution in [1.29, 1.82) is 0 Å². The number of aromatic hydroxyl groups is 1. The molecule has 20 heavy (non-hydrogen) atoms. The number of aryl methyl sites for hydroxylation is 1. The number of benzene rings is 2. The predicted octanol–water partition coefficient (Wildman–Crippen LogP) is 2.54. The topological polar surface area (TPSA) is 84.6 Å². The molecule has 2 rings (SSSR count). The number of hydrogen-bond acceptors (Lipinski definition) is 4. The van der Waals surface area contributed by atoms with Crippen LogP contribution < -0.4 is 15.8 Å². The molecule has 0 saturated carbocycles. The van der Waals surface area contributed by atoms with Crippen LogP contribution in [0.1, 0.15) is 15.9 Å². The Bertz CT molecular complexity index is 654. The van der Waals surface area contributed by atoms with Gasteiger partial charge >= 0.3 is 0 Å². The van der Waals surface area contributed by atoms with Crippen LogP contribution in [-0.4, -0.2) is 18.1 Å². The summed E-state index contributed by atoms with van der Waals surface area (Å²) in [6, 6.07) is 9.72. The van der Waals surface area contributed by atoms with E-state index in [4.69, 9.17) is 10.5 Å². The summed E-state index contributed by atoms with van der Waals surface area (Å²) in [7, 11) is 1.54. The van der Waals surface area contributed by atoms with Gasteiger partial charge in [0.1, 0.15) is 11.5 Å². The van der Waals surface area contributed by atoms with Crippen molar-refractivity contribution < 1.29 is 14.6 Å². The van der Waals surface area contributed by atoms with E-state index in [0.717, 1.165) is 0 Å². The normalized spacial score (nSPS) is 10.1. The Kier molecular flexibility index (Phi) is 3.79. The summed E-state index contributed by atoms with van der Waals surface area (Å²) < 4.78 is 5.04. The number of nitrogen functional groups attached to an aromatic ring is 1. The number of phenols is 1. The molecule has 0 aliphatic heterocycles. The standard InChI is InChI=1S/C15H16N2O3/c1-9-7-10(3-6-14(9)18)17-15(19)12-5-4-11(20-2)8-13(12)16/h3-8,18H,16H2,1-2H3,(H,17,19). The molecule has 0 atom stereocenters. The van der Waals surface area contributed by atoms with Crippen molar-refractivity contribution in [2.45, 2.75) is 6.92 Å². The fourth-order valence-corrected chi connectivity index (χ4v) is 1.81. The van der Waals surface area contributed by atoms with E-state index in [1.807, 2.05) is 0 Å². The molecule has 0 spiro atoms. The number of hydrogen-bond donors (Lipinski definition) is 3. The van der Waals surface area contributed by atoms with E-state index in [-0.39, 0.29) is 11.7 Å². The summed E-state index contributed by atoms with van der Waals surface area (Å²) in [5.41, 5.74) is 7.82. The molecule has 0 bridgehead atoms. The number of carbonyl (C=O) groups is 1. The molecule has 0 aliphatic carbocycles. The summed E-state index contributed by atoms with van der Waals surface area (Å²) in [5, 5.41) is 12.2. The molecule has 2 aromatic carbocycles. The number of carbonyl (C=O) groups excluding carboxylic acids is 1. The molecule has 2 aromatic rings. The Morgan fingerprint density at radius 2 is 2.00 bits per heavy atom. The number of nitrogens with two attached hydrogens (primary N) is 1. The zero-order valence-electron chi connectivity index (χ0n) is 11.3. The van der Waals surface area contributed by atoms with Crippen LogP contribution in [-0.2, 0) is 0 Å². The van der Waals surface area contributed by atoms with Gasteiger partial charge in [0.05, 0.1) is 12.7 Å². The van der Waals surface area contributed by atoms with Crippen molar-refractivity contribution in [3.63, 3.8) is 0 Å². The van der Waals surface area contributed by atoms with Crippen LogP contribution in [0.3, 0.4) is 0 Å². The number of anilines is 2. The maximum Gasteiger partial charge on any atom is 0.257 e. The van der Waals surface area contributed by atoms with Gasteiger partial charge in [0.2, 0.25) is 0 Å². The van der Waals surface area contributed by atoms with Gasteiger partial charge in [-0.3, -0.25) is 4.79 Å². The van der Waals surface area contributed by atoms with Crippen LogP contribution in [0.25, 0.3) is 0 Å². The Morgan fingerprint density at radius 3 is 2.60 bits per heavy atom. The van der Waals surface area contributed by atoms with E-state index < -0.39 is 0 Å². The smallest absolute Gasteiger partial charge is 0.257 e. The number of amides is 1. The lowest BCUT2D eigenvalue weighted by Crippen LogP contribution is -2.14. The number of rotatable bonds is 3. The second-order valence-electron chi connectivity index (χ2n) is 4.41. The predicted molar refractivity (Wildman–Crippen MR) is 78.2 cm³/mol. The van der Waals surface area contributed by atoms with Gasteiger partial charge in [-0.15, -0.1) is 0 Å². The summed E-state index contributed by atoms with van der Waals surface area (Å²) >= 11 is 0. The van der Waals surface area contributed by atoms with Gasteiger partial charge in [-0.25, -0.2) is 0 Å². The van der Waals surface area contributed by atoms with Crippen LogP contribution in [0, 0.1) is 6.92 Å². The first-order valence-corrected chi connectivity index (χ1v) is 6.05. The summed E-state index contributed by atoms with van der Waals surface area (Å²) in [6.45, 7) is 1.76. The van der Waals surface area contributed by atoms with Crippen molar-refractivity contribution in [3.05, 3.63) is 47.5 Å². The number of methoxy groups -OCH3 is 1. The highest BCUT2D eigenvalue weighted by Gasteiger charge is 2.11. The third kappa shape index (κ3) is 2.83. The zero-order chi connectivity index (χ0) is 14.7. The average molecular weight is 272 g/mol. The van der Waals surface area contributed by atoms with Gasteiger partial charge in [-0.1, -0.05) is 0 Å². The van der Waals surface area contributed by atoms with E-state index in [0.29, 0.717) is 28.3 Å². The van der Waals surface area contributed by atoms with E-state index in [2.05, 4.69) is 5.32 Å². The average Bonchev–Trinajstić information content (AvgIpc) is 2.42. The second-order valence-corrected chi connectivity index (χ2v) is 4.41. The highest BCUT2D eigenvalue weighted by molar-refractivity contribution is 6.07.